The van der Waals surface area contributed by atoms with Crippen LogP contribution in [0.1, 0.15) is 31.6 Å². The zero-order chi connectivity index (χ0) is 28.3. The number of carbonyl (C=O) groups excluding carboxylic acids is 1. The summed E-state index contributed by atoms with van der Waals surface area (Å²) in [6.45, 7) is 1.39. The Morgan fingerprint density at radius 3 is 2.50 bits per heavy atom. The van der Waals surface area contributed by atoms with Gasteiger partial charge in [-0.2, -0.15) is 4.98 Å². The van der Waals surface area contributed by atoms with Gasteiger partial charge in [0, 0.05) is 11.6 Å². The van der Waals surface area contributed by atoms with Crippen LogP contribution in [0.25, 0.3) is 0 Å². The van der Waals surface area contributed by atoms with E-state index in [1.807, 2.05) is 30.3 Å². The predicted octanol–water partition coefficient (Wildman–Crippen LogP) is 3.53. The van der Waals surface area contributed by atoms with Gasteiger partial charge in [-0.25, -0.2) is 9.36 Å². The van der Waals surface area contributed by atoms with Gasteiger partial charge >= 0.3 is 19.3 Å². The summed E-state index contributed by atoms with van der Waals surface area (Å²) in [6.07, 6.45) is -0.169. The number of hydrogen-bond acceptors (Lipinski definition) is 10. The van der Waals surface area contributed by atoms with Gasteiger partial charge in [-0.05, 0) is 36.6 Å². The monoisotopic (exact) mass is 569 g/mol. The van der Waals surface area contributed by atoms with Crippen LogP contribution in [0.2, 0.25) is 0 Å². The fourth-order valence-corrected chi connectivity index (χ4v) is 6.75. The first-order chi connectivity index (χ1) is 19.2. The van der Waals surface area contributed by atoms with Gasteiger partial charge in [-0.1, -0.05) is 55.5 Å². The average molecular weight is 570 g/mol. The number of carbonyl (C=O) groups is 1. The summed E-state index contributed by atoms with van der Waals surface area (Å²) in [5, 5.41) is 11.1. The van der Waals surface area contributed by atoms with Crippen LogP contribution in [0.3, 0.4) is 0 Å². The number of nitrogens with two attached hydrogens (primary N) is 1. The first-order valence-electron chi connectivity index (χ1n) is 13.1. The predicted molar refractivity (Wildman–Crippen MR) is 145 cm³/mol. The van der Waals surface area contributed by atoms with E-state index in [2.05, 4.69) is 4.98 Å². The van der Waals surface area contributed by atoms with E-state index in [1.165, 1.54) is 16.8 Å². The van der Waals surface area contributed by atoms with Gasteiger partial charge in [0.05, 0.1) is 24.8 Å². The number of hydrogen-bond donors (Lipinski definition) is 2. The van der Waals surface area contributed by atoms with Crippen LogP contribution in [0.5, 0.6) is 5.75 Å². The van der Waals surface area contributed by atoms with Crippen molar-refractivity contribution in [3.05, 3.63) is 89.0 Å². The Bertz CT molecular complexity index is 1430. The molecule has 5 atom stereocenters. The van der Waals surface area contributed by atoms with Crippen molar-refractivity contribution in [3.8, 4) is 5.75 Å². The Morgan fingerprint density at radius 2 is 1.85 bits per heavy atom. The summed E-state index contributed by atoms with van der Waals surface area (Å²) in [4.78, 5) is 29.0. The highest BCUT2D eigenvalue weighted by Crippen LogP contribution is 2.62. The molecule has 1 unspecified atom stereocenters. The summed E-state index contributed by atoms with van der Waals surface area (Å²) in [5.41, 5.74) is 5.17. The normalized spacial score (nSPS) is 23.3. The van der Waals surface area contributed by atoms with E-state index in [-0.39, 0.29) is 25.2 Å². The molecule has 3 aromatic rings. The standard InChI is InChI=1S/C28H32N3O8P/c1-19(25(33)36-16-20-8-4-2-5-9-20)18-40(35,39-21-10-6-3-7-11-21)37-17-22-24(32)28(13-14-28)26(38-22)31-15-12-23(29)30-27(31)34/h2-12,15,19,22,24,26,32H,13-14,16-18H2,1H3,(H2,29,30,34)/t19-,22-,24-,26-,40?/m1/s1. The fraction of sp³-hybridized carbons (Fsp3) is 0.393. The van der Waals surface area contributed by atoms with Crippen LogP contribution >= 0.6 is 7.60 Å². The third-order valence-electron chi connectivity index (χ3n) is 7.22. The SMILES string of the molecule is C[C@H](CP(=O)(OC[C@H]1O[C@@H](n2ccc(N)nc2=O)C2(CC2)[C@@H]1O)Oc1ccccc1)C(=O)OCc1ccccc1. The van der Waals surface area contributed by atoms with E-state index >= 15 is 0 Å². The summed E-state index contributed by atoms with van der Waals surface area (Å²) in [5.74, 6) is -0.970. The van der Waals surface area contributed by atoms with Crippen molar-refractivity contribution in [2.24, 2.45) is 11.3 Å². The molecular weight excluding hydrogens is 537 g/mol. The van der Waals surface area contributed by atoms with Crippen LogP contribution in [-0.2, 0) is 30.0 Å². The maximum Gasteiger partial charge on any atom is 0.380 e. The molecule has 2 aromatic carbocycles. The number of anilines is 1. The molecular formula is C28H32N3O8P. The first kappa shape index (κ1) is 28.0. The minimum atomic E-state index is -3.94. The third-order valence-corrected chi connectivity index (χ3v) is 9.24. The summed E-state index contributed by atoms with van der Waals surface area (Å²) in [7, 11) is -3.94. The topological polar surface area (TPSA) is 152 Å². The second-order valence-corrected chi connectivity index (χ2v) is 12.3. The molecule has 2 aliphatic rings. The number of nitrogens with zero attached hydrogens (tertiary/aromatic N) is 2. The number of nitrogen functional groups attached to an aromatic ring is 1. The number of aliphatic hydroxyl groups excluding tert-OH is 1. The molecule has 40 heavy (non-hydrogen) atoms. The molecule has 1 aliphatic carbocycles. The number of ether oxygens (including phenoxy) is 2. The molecule has 1 aliphatic heterocycles. The number of aliphatic hydroxyl groups is 1. The molecule has 3 N–H and O–H groups in total. The van der Waals surface area contributed by atoms with Gasteiger partial charge in [0.15, 0.2) is 0 Å². The summed E-state index contributed by atoms with van der Waals surface area (Å²) in [6, 6.07) is 19.2. The van der Waals surface area contributed by atoms with E-state index in [0.29, 0.717) is 18.6 Å². The van der Waals surface area contributed by atoms with Crippen LogP contribution in [0, 0.1) is 11.3 Å². The number of esters is 1. The molecule has 0 bridgehead atoms. The zero-order valence-electron chi connectivity index (χ0n) is 22.0. The van der Waals surface area contributed by atoms with Crippen molar-refractivity contribution in [2.75, 3.05) is 18.5 Å². The maximum absolute atomic E-state index is 14.0. The van der Waals surface area contributed by atoms with E-state index in [9.17, 15) is 19.3 Å². The van der Waals surface area contributed by atoms with Gasteiger partial charge in [-0.15, -0.1) is 0 Å². The van der Waals surface area contributed by atoms with Crippen LogP contribution in [-0.4, -0.2) is 45.6 Å². The van der Waals surface area contributed by atoms with Crippen molar-refractivity contribution in [3.63, 3.8) is 0 Å². The molecule has 212 valence electrons. The molecule has 12 heteroatoms. The van der Waals surface area contributed by atoms with Gasteiger partial charge in [-0.3, -0.25) is 13.9 Å². The van der Waals surface area contributed by atoms with Crippen molar-refractivity contribution in [1.82, 2.24) is 9.55 Å². The quantitative estimate of drug-likeness (QED) is 0.259. The molecule has 1 aromatic heterocycles. The molecule has 5 rings (SSSR count). The lowest BCUT2D eigenvalue weighted by atomic mass is 9.96. The highest BCUT2D eigenvalue weighted by Gasteiger charge is 2.64. The number of para-hydroxylation sites is 1. The second kappa shape index (κ2) is 11.5. The first-order valence-corrected chi connectivity index (χ1v) is 14.8. The molecule has 2 fully saturated rings. The van der Waals surface area contributed by atoms with Crippen LogP contribution in [0.15, 0.2) is 77.7 Å². The van der Waals surface area contributed by atoms with Crippen molar-refractivity contribution < 1.29 is 33.0 Å². The molecule has 0 radical (unpaired) electrons. The Labute approximate surface area is 231 Å². The van der Waals surface area contributed by atoms with Gasteiger partial charge in [0.2, 0.25) is 0 Å². The van der Waals surface area contributed by atoms with Crippen LogP contribution < -0.4 is 15.9 Å². The van der Waals surface area contributed by atoms with Gasteiger partial charge < -0.3 is 24.8 Å². The van der Waals surface area contributed by atoms with E-state index in [0.717, 1.165) is 5.56 Å². The maximum atomic E-state index is 14.0. The second-order valence-electron chi connectivity index (χ2n) is 10.2. The third kappa shape index (κ3) is 6.13. The Kier molecular flexibility index (Phi) is 8.09. The Morgan fingerprint density at radius 1 is 1.18 bits per heavy atom. The number of rotatable bonds is 11. The number of aromatic nitrogens is 2. The molecule has 1 saturated heterocycles. The highest BCUT2D eigenvalue weighted by atomic mass is 31.2. The average Bonchev–Trinajstić information content (AvgIpc) is 3.70. The minimum Gasteiger partial charge on any atom is -0.461 e. The zero-order valence-corrected chi connectivity index (χ0v) is 22.9. The van der Waals surface area contributed by atoms with Crippen molar-refractivity contribution >= 4 is 19.4 Å². The lowest BCUT2D eigenvalue weighted by molar-refractivity contribution is -0.148. The Hall–Kier alpha value is -3.50. The lowest BCUT2D eigenvalue weighted by Crippen LogP contribution is -2.34. The molecule has 1 saturated carbocycles. The minimum absolute atomic E-state index is 0.0830. The van der Waals surface area contributed by atoms with Gasteiger partial charge in [0.25, 0.3) is 0 Å². The molecule has 1 spiro atoms. The van der Waals surface area contributed by atoms with Gasteiger partial charge in [0.1, 0.15) is 30.5 Å². The summed E-state index contributed by atoms with van der Waals surface area (Å²) < 4.78 is 38.4. The molecule has 11 nitrogen and oxygen atoms in total. The van der Waals surface area contributed by atoms with Crippen molar-refractivity contribution in [1.29, 1.82) is 0 Å². The smallest absolute Gasteiger partial charge is 0.380 e. The Balaban J connectivity index is 1.28. The van der Waals surface area contributed by atoms with E-state index < -0.39 is 49.0 Å². The van der Waals surface area contributed by atoms with Crippen molar-refractivity contribution in [2.45, 2.75) is 44.8 Å². The lowest BCUT2D eigenvalue weighted by Gasteiger charge is -2.24. The largest absolute Gasteiger partial charge is 0.461 e. The fourth-order valence-electron chi connectivity index (χ4n) is 4.88. The molecule has 0 amide bonds. The van der Waals surface area contributed by atoms with E-state index in [1.54, 1.807) is 37.3 Å². The summed E-state index contributed by atoms with van der Waals surface area (Å²) >= 11 is 0. The molecule has 2 heterocycles. The highest BCUT2D eigenvalue weighted by molar-refractivity contribution is 7.54. The number of benzene rings is 2. The van der Waals surface area contributed by atoms with Crippen LogP contribution in [0.4, 0.5) is 5.82 Å². The van der Waals surface area contributed by atoms with E-state index in [4.69, 9.17) is 24.3 Å².